The second-order valence-corrected chi connectivity index (χ2v) is 7.58. The summed E-state index contributed by atoms with van der Waals surface area (Å²) in [5, 5.41) is 8.63. The molecule has 0 aromatic heterocycles. The molecule has 0 atom stereocenters. The van der Waals surface area contributed by atoms with E-state index in [1.165, 1.54) is 0 Å². The lowest BCUT2D eigenvalue weighted by molar-refractivity contribution is -0.137. The average molecular weight is 294 g/mol. The van der Waals surface area contributed by atoms with E-state index in [9.17, 15) is 9.59 Å². The van der Waals surface area contributed by atoms with Crippen molar-refractivity contribution in [3.8, 4) is 0 Å². The Morgan fingerprint density at radius 3 is 2.50 bits per heavy atom. The quantitative estimate of drug-likeness (QED) is 0.325. The number of aliphatic carboxylic acids is 1. The van der Waals surface area contributed by atoms with Gasteiger partial charge >= 0.3 is 5.97 Å². The van der Waals surface area contributed by atoms with E-state index in [-0.39, 0.29) is 17.1 Å². The molecule has 7 heteroatoms. The molecule has 0 unspecified atom stereocenters. The van der Waals surface area contributed by atoms with E-state index in [1.54, 1.807) is 28.6 Å². The number of carboxylic acids is 1. The minimum absolute atomic E-state index is 0.00626. The van der Waals surface area contributed by atoms with E-state index >= 15 is 0 Å². The first-order chi connectivity index (χ1) is 8.37. The zero-order valence-corrected chi connectivity index (χ0v) is 12.7. The van der Waals surface area contributed by atoms with E-state index in [0.29, 0.717) is 12.8 Å². The van der Waals surface area contributed by atoms with E-state index in [4.69, 9.17) is 5.11 Å². The van der Waals surface area contributed by atoms with Crippen LogP contribution in [-0.2, 0) is 9.59 Å². The normalized spacial score (nSPS) is 11.3. The third-order valence-electron chi connectivity index (χ3n) is 2.12. The van der Waals surface area contributed by atoms with Crippen molar-refractivity contribution in [1.82, 2.24) is 10.9 Å². The number of rotatable bonds is 10. The standard InChI is InChI=1S/C11H22N2O3S2/c1-11(2,7-6-10(15)16)18-17-8-4-5-9(14)13-12-3/h12H,4-8H2,1-3H3,(H,13,14)(H,15,16). The molecular formula is C11H22N2O3S2. The average Bonchev–Trinajstić information content (AvgIpc) is 2.26. The van der Waals surface area contributed by atoms with Crippen molar-refractivity contribution in [3.05, 3.63) is 0 Å². The van der Waals surface area contributed by atoms with Crippen LogP contribution in [0.5, 0.6) is 0 Å². The van der Waals surface area contributed by atoms with Gasteiger partial charge in [0.05, 0.1) is 0 Å². The Balaban J connectivity index is 3.58. The Morgan fingerprint density at radius 2 is 1.94 bits per heavy atom. The molecule has 0 aliphatic rings. The van der Waals surface area contributed by atoms with Gasteiger partial charge in [-0.2, -0.15) is 0 Å². The van der Waals surface area contributed by atoms with E-state index in [0.717, 1.165) is 12.2 Å². The third kappa shape index (κ3) is 10.7. The summed E-state index contributed by atoms with van der Waals surface area (Å²) in [5.41, 5.74) is 5.11. The Morgan fingerprint density at radius 1 is 1.28 bits per heavy atom. The maximum Gasteiger partial charge on any atom is 0.303 e. The van der Waals surface area contributed by atoms with Gasteiger partial charge < -0.3 is 5.11 Å². The van der Waals surface area contributed by atoms with Gasteiger partial charge in [-0.1, -0.05) is 21.6 Å². The molecule has 0 fully saturated rings. The third-order valence-corrected chi connectivity index (χ3v) is 5.56. The summed E-state index contributed by atoms with van der Waals surface area (Å²) < 4.78 is -0.0453. The highest BCUT2D eigenvalue weighted by Gasteiger charge is 2.20. The van der Waals surface area contributed by atoms with Crippen molar-refractivity contribution in [3.63, 3.8) is 0 Å². The zero-order valence-electron chi connectivity index (χ0n) is 11.1. The predicted molar refractivity (Wildman–Crippen MR) is 77.4 cm³/mol. The minimum Gasteiger partial charge on any atom is -0.481 e. The predicted octanol–water partition coefficient (Wildman–Crippen LogP) is 2.04. The van der Waals surface area contributed by atoms with Crippen LogP contribution in [0.2, 0.25) is 0 Å². The van der Waals surface area contributed by atoms with Crippen molar-refractivity contribution in [2.75, 3.05) is 12.8 Å². The number of hydrogen-bond acceptors (Lipinski definition) is 5. The maximum atomic E-state index is 11.1. The number of carboxylic acid groups (broad SMARTS) is 1. The molecule has 0 radical (unpaired) electrons. The van der Waals surface area contributed by atoms with Crippen LogP contribution in [0.1, 0.15) is 39.5 Å². The van der Waals surface area contributed by atoms with Crippen LogP contribution < -0.4 is 10.9 Å². The monoisotopic (exact) mass is 294 g/mol. The fraction of sp³-hybridized carbons (Fsp3) is 0.818. The first kappa shape index (κ1) is 17.6. The number of hydrazine groups is 1. The number of hydrogen-bond donors (Lipinski definition) is 3. The first-order valence-electron chi connectivity index (χ1n) is 5.85. The number of nitrogens with one attached hydrogen (secondary N) is 2. The summed E-state index contributed by atoms with van der Waals surface area (Å²) in [6, 6.07) is 0. The van der Waals surface area contributed by atoms with Gasteiger partial charge in [0.15, 0.2) is 0 Å². The first-order valence-corrected chi connectivity index (χ1v) is 8.17. The van der Waals surface area contributed by atoms with Crippen LogP contribution in [0.4, 0.5) is 0 Å². The second-order valence-electron chi connectivity index (χ2n) is 4.46. The molecule has 3 N–H and O–H groups in total. The van der Waals surface area contributed by atoms with Crippen LogP contribution in [0.3, 0.4) is 0 Å². The highest BCUT2D eigenvalue weighted by atomic mass is 33.1. The van der Waals surface area contributed by atoms with Crippen LogP contribution in [-0.4, -0.2) is 34.5 Å². The second kappa shape index (κ2) is 9.52. The van der Waals surface area contributed by atoms with Gasteiger partial charge in [0.1, 0.15) is 0 Å². The van der Waals surface area contributed by atoms with E-state index < -0.39 is 5.97 Å². The molecule has 0 saturated carbocycles. The van der Waals surface area contributed by atoms with Gasteiger partial charge in [-0.05, 0) is 26.7 Å². The summed E-state index contributed by atoms with van der Waals surface area (Å²) in [6.45, 7) is 4.09. The fourth-order valence-electron chi connectivity index (χ4n) is 1.14. The molecule has 0 heterocycles. The van der Waals surface area contributed by atoms with E-state index in [2.05, 4.69) is 10.9 Å². The van der Waals surface area contributed by atoms with Gasteiger partial charge in [-0.3, -0.25) is 15.0 Å². The van der Waals surface area contributed by atoms with Gasteiger partial charge in [-0.25, -0.2) is 5.43 Å². The van der Waals surface area contributed by atoms with Gasteiger partial charge in [0, 0.05) is 30.4 Å². The Hall–Kier alpha value is -0.400. The van der Waals surface area contributed by atoms with Crippen molar-refractivity contribution in [2.45, 2.75) is 44.3 Å². The molecule has 0 aliphatic heterocycles. The number of carbonyl (C=O) groups is 2. The number of carbonyl (C=O) groups excluding carboxylic acids is 1. The molecule has 0 aromatic carbocycles. The zero-order chi connectivity index (χ0) is 14.0. The van der Waals surface area contributed by atoms with Crippen molar-refractivity contribution < 1.29 is 14.7 Å². The van der Waals surface area contributed by atoms with Gasteiger partial charge in [0.25, 0.3) is 0 Å². The summed E-state index contributed by atoms with van der Waals surface area (Å²) in [7, 11) is 5.05. The molecule has 0 rings (SSSR count). The molecular weight excluding hydrogens is 272 g/mol. The summed E-state index contributed by atoms with van der Waals surface area (Å²) in [5.74, 6) is 0.129. The van der Waals surface area contributed by atoms with Crippen LogP contribution >= 0.6 is 21.6 Å². The molecule has 1 amide bonds. The minimum atomic E-state index is -0.752. The van der Waals surface area contributed by atoms with Crippen molar-refractivity contribution in [2.24, 2.45) is 0 Å². The van der Waals surface area contributed by atoms with Gasteiger partial charge in [0.2, 0.25) is 5.91 Å². The lowest BCUT2D eigenvalue weighted by Crippen LogP contribution is -2.33. The molecule has 0 aromatic rings. The summed E-state index contributed by atoms with van der Waals surface area (Å²) >= 11 is 0. The molecule has 0 spiro atoms. The topological polar surface area (TPSA) is 78.4 Å². The molecule has 18 heavy (non-hydrogen) atoms. The summed E-state index contributed by atoms with van der Waals surface area (Å²) in [4.78, 5) is 21.6. The Kier molecular flexibility index (Phi) is 9.31. The largest absolute Gasteiger partial charge is 0.481 e. The van der Waals surface area contributed by atoms with Gasteiger partial charge in [-0.15, -0.1) is 0 Å². The highest BCUT2D eigenvalue weighted by Crippen LogP contribution is 2.39. The molecule has 0 saturated heterocycles. The summed E-state index contributed by atoms with van der Waals surface area (Å²) in [6.07, 6.45) is 2.18. The van der Waals surface area contributed by atoms with Crippen LogP contribution in [0.25, 0.3) is 0 Å². The van der Waals surface area contributed by atoms with E-state index in [1.807, 2.05) is 13.8 Å². The SMILES string of the molecule is CNNC(=O)CCCSSC(C)(C)CCC(=O)O. The smallest absolute Gasteiger partial charge is 0.303 e. The van der Waals surface area contributed by atoms with Crippen LogP contribution in [0, 0.1) is 0 Å². The van der Waals surface area contributed by atoms with Crippen molar-refractivity contribution in [1.29, 1.82) is 0 Å². The molecule has 5 nitrogen and oxygen atoms in total. The maximum absolute atomic E-state index is 11.1. The van der Waals surface area contributed by atoms with Crippen molar-refractivity contribution >= 4 is 33.5 Å². The lowest BCUT2D eigenvalue weighted by Gasteiger charge is -2.22. The molecule has 106 valence electrons. The Bertz CT molecular complexity index is 273. The lowest BCUT2D eigenvalue weighted by atomic mass is 10.1. The fourth-order valence-corrected chi connectivity index (χ4v) is 3.80. The number of amides is 1. The highest BCUT2D eigenvalue weighted by molar-refractivity contribution is 8.77. The van der Waals surface area contributed by atoms with Crippen LogP contribution in [0.15, 0.2) is 0 Å². The molecule has 0 bridgehead atoms. The Labute approximate surface area is 116 Å². The molecule has 0 aliphatic carbocycles.